The monoisotopic (exact) mass is 533 g/mol. The molecule has 202 valence electrons. The van der Waals surface area contributed by atoms with E-state index in [4.69, 9.17) is 14.6 Å². The third-order valence-corrected chi connectivity index (χ3v) is 7.33. The van der Waals surface area contributed by atoms with Crippen LogP contribution >= 0.6 is 0 Å². The van der Waals surface area contributed by atoms with Gasteiger partial charge in [0.05, 0.1) is 49.6 Å². The minimum Gasteiger partial charge on any atom is -0.497 e. The summed E-state index contributed by atoms with van der Waals surface area (Å²) in [6, 6.07) is 29.1. The molecule has 2 amide bonds. The van der Waals surface area contributed by atoms with Gasteiger partial charge in [0, 0.05) is 17.8 Å². The molecule has 40 heavy (non-hydrogen) atoms. The number of urea groups is 1. The average Bonchev–Trinajstić information content (AvgIpc) is 3.59. The summed E-state index contributed by atoms with van der Waals surface area (Å²) in [4.78, 5) is 16.1. The maximum atomic E-state index is 14.2. The van der Waals surface area contributed by atoms with Gasteiger partial charge in [0.25, 0.3) is 0 Å². The molecule has 0 spiro atoms. The highest BCUT2D eigenvalue weighted by Gasteiger charge is 2.36. The first kappa shape index (κ1) is 25.3. The zero-order valence-corrected chi connectivity index (χ0v) is 22.7. The van der Waals surface area contributed by atoms with E-state index in [0.717, 1.165) is 40.4 Å². The van der Waals surface area contributed by atoms with Crippen LogP contribution in [0.25, 0.3) is 11.5 Å². The summed E-state index contributed by atoms with van der Waals surface area (Å²) in [5.74, 6) is 2.12. The van der Waals surface area contributed by atoms with Crippen molar-refractivity contribution in [1.82, 2.24) is 19.2 Å². The SMILES string of the molecule is CCc1nn(-c2ccccc2)c2c1CN(C(=O)Nc1ccc(OC)cc1OC)[C@H](c1ccccc1)c1cccn1-2. The second-order valence-electron chi connectivity index (χ2n) is 9.59. The summed E-state index contributed by atoms with van der Waals surface area (Å²) in [7, 11) is 3.18. The molecule has 0 saturated heterocycles. The fraction of sp³-hybridized carbons (Fsp3) is 0.188. The molecule has 1 N–H and O–H groups in total. The van der Waals surface area contributed by atoms with Gasteiger partial charge in [-0.2, -0.15) is 5.10 Å². The van der Waals surface area contributed by atoms with E-state index in [9.17, 15) is 4.79 Å². The van der Waals surface area contributed by atoms with Gasteiger partial charge in [-0.15, -0.1) is 0 Å². The van der Waals surface area contributed by atoms with E-state index in [-0.39, 0.29) is 12.1 Å². The minimum absolute atomic E-state index is 0.243. The number of nitrogens with one attached hydrogen (secondary N) is 1. The molecule has 8 heteroatoms. The van der Waals surface area contributed by atoms with Crippen molar-refractivity contribution in [1.29, 1.82) is 0 Å². The second kappa shape index (κ2) is 10.6. The van der Waals surface area contributed by atoms with Crippen LogP contribution in [0, 0.1) is 0 Å². The molecule has 1 atom stereocenters. The zero-order valence-electron chi connectivity index (χ0n) is 22.7. The molecule has 0 radical (unpaired) electrons. The van der Waals surface area contributed by atoms with Gasteiger partial charge < -0.3 is 24.3 Å². The molecule has 5 aromatic rings. The van der Waals surface area contributed by atoms with E-state index >= 15 is 0 Å². The molecule has 0 aliphatic carbocycles. The molecule has 2 aromatic heterocycles. The smallest absolute Gasteiger partial charge is 0.323 e. The van der Waals surface area contributed by atoms with Gasteiger partial charge >= 0.3 is 6.03 Å². The Balaban J connectivity index is 1.52. The number of methoxy groups -OCH3 is 2. The molecule has 0 bridgehead atoms. The lowest BCUT2D eigenvalue weighted by Gasteiger charge is -2.31. The lowest BCUT2D eigenvalue weighted by Crippen LogP contribution is -2.38. The standard InChI is InChI=1S/C32H31N5O3/c1-4-26-25-21-36(32(38)33-27-18-17-24(39-2)20-29(27)40-3)30(22-12-7-5-8-13-22)28-16-11-19-35(28)31(25)37(34-26)23-14-9-6-10-15-23/h5-20,30H,4,21H2,1-3H3,(H,33,38)/t30-/m1/s1. The first-order valence-corrected chi connectivity index (χ1v) is 13.3. The van der Waals surface area contributed by atoms with E-state index in [2.05, 4.69) is 53.3 Å². The third-order valence-electron chi connectivity index (χ3n) is 7.33. The number of amides is 2. The minimum atomic E-state index is -0.346. The normalized spacial score (nSPS) is 14.2. The summed E-state index contributed by atoms with van der Waals surface area (Å²) >= 11 is 0. The highest BCUT2D eigenvalue weighted by molar-refractivity contribution is 5.92. The molecule has 0 fully saturated rings. The number of benzene rings is 3. The Hall–Kier alpha value is -4.98. The number of anilines is 1. The Kier molecular flexibility index (Phi) is 6.74. The van der Waals surface area contributed by atoms with Gasteiger partial charge in [-0.25, -0.2) is 9.48 Å². The lowest BCUT2D eigenvalue weighted by molar-refractivity contribution is 0.194. The molecule has 0 saturated carbocycles. The van der Waals surface area contributed by atoms with Gasteiger partial charge in [0.1, 0.15) is 17.3 Å². The Labute approximate surface area is 233 Å². The average molecular weight is 534 g/mol. The lowest BCUT2D eigenvalue weighted by atomic mass is 10.0. The highest BCUT2D eigenvalue weighted by Crippen LogP contribution is 2.39. The summed E-state index contributed by atoms with van der Waals surface area (Å²) in [6.07, 6.45) is 2.79. The summed E-state index contributed by atoms with van der Waals surface area (Å²) in [5.41, 5.74) is 5.49. The summed E-state index contributed by atoms with van der Waals surface area (Å²) in [6.45, 7) is 2.47. The first-order chi connectivity index (χ1) is 19.6. The van der Waals surface area contributed by atoms with Crippen LogP contribution in [0.1, 0.15) is 35.5 Å². The van der Waals surface area contributed by atoms with Crippen molar-refractivity contribution in [2.75, 3.05) is 19.5 Å². The van der Waals surface area contributed by atoms with Crippen LogP contribution in [0.5, 0.6) is 11.5 Å². The second-order valence-corrected chi connectivity index (χ2v) is 9.59. The number of rotatable bonds is 6. The number of hydrogen-bond donors (Lipinski definition) is 1. The van der Waals surface area contributed by atoms with Crippen molar-refractivity contribution in [3.8, 4) is 23.0 Å². The number of hydrogen-bond acceptors (Lipinski definition) is 4. The van der Waals surface area contributed by atoms with Crippen LogP contribution in [0.4, 0.5) is 10.5 Å². The van der Waals surface area contributed by atoms with E-state index in [0.29, 0.717) is 23.7 Å². The topological polar surface area (TPSA) is 73.6 Å². The van der Waals surface area contributed by atoms with Crippen molar-refractivity contribution >= 4 is 11.7 Å². The van der Waals surface area contributed by atoms with Crippen molar-refractivity contribution in [2.24, 2.45) is 0 Å². The molecule has 1 aliphatic rings. The summed E-state index contributed by atoms with van der Waals surface area (Å²) in [5, 5.41) is 8.14. The number of nitrogens with zero attached hydrogens (tertiary/aromatic N) is 4. The Morgan fingerprint density at radius 2 is 1.70 bits per heavy atom. The van der Waals surface area contributed by atoms with Crippen LogP contribution in [0.2, 0.25) is 0 Å². The fourth-order valence-electron chi connectivity index (χ4n) is 5.42. The molecule has 8 nitrogen and oxygen atoms in total. The maximum Gasteiger partial charge on any atom is 0.323 e. The van der Waals surface area contributed by atoms with E-state index < -0.39 is 0 Å². The molecule has 0 unspecified atom stereocenters. The van der Waals surface area contributed by atoms with Gasteiger partial charge in [-0.3, -0.25) is 0 Å². The number of aryl methyl sites for hydroxylation is 1. The quantitative estimate of drug-likeness (QED) is 0.275. The van der Waals surface area contributed by atoms with Gasteiger partial charge in [-0.05, 0) is 48.4 Å². The Morgan fingerprint density at radius 3 is 2.40 bits per heavy atom. The highest BCUT2D eigenvalue weighted by atomic mass is 16.5. The van der Waals surface area contributed by atoms with Crippen molar-refractivity contribution in [3.05, 3.63) is 120 Å². The Bertz CT molecular complexity index is 1640. The molecule has 3 heterocycles. The van der Waals surface area contributed by atoms with E-state index in [1.165, 1.54) is 0 Å². The molecule has 1 aliphatic heterocycles. The molecular weight excluding hydrogens is 502 g/mol. The number of aromatic nitrogens is 3. The number of carbonyl (C=O) groups excluding carboxylic acids is 1. The van der Waals surface area contributed by atoms with Gasteiger partial charge in [-0.1, -0.05) is 55.5 Å². The zero-order chi connectivity index (χ0) is 27.6. The molecular formula is C32H31N5O3. The third kappa shape index (κ3) is 4.37. The van der Waals surface area contributed by atoms with Crippen LogP contribution in [-0.4, -0.2) is 39.5 Å². The molecule has 3 aromatic carbocycles. The van der Waals surface area contributed by atoms with Gasteiger partial charge in [0.15, 0.2) is 0 Å². The largest absolute Gasteiger partial charge is 0.497 e. The van der Waals surface area contributed by atoms with Crippen molar-refractivity contribution < 1.29 is 14.3 Å². The predicted octanol–water partition coefficient (Wildman–Crippen LogP) is 6.38. The predicted molar refractivity (Wildman–Crippen MR) is 155 cm³/mol. The van der Waals surface area contributed by atoms with Gasteiger partial charge in [0.2, 0.25) is 0 Å². The van der Waals surface area contributed by atoms with Crippen LogP contribution in [0.3, 0.4) is 0 Å². The number of ether oxygens (including phenoxy) is 2. The first-order valence-electron chi connectivity index (χ1n) is 13.3. The van der Waals surface area contributed by atoms with Crippen molar-refractivity contribution in [2.45, 2.75) is 25.9 Å². The van der Waals surface area contributed by atoms with Crippen LogP contribution < -0.4 is 14.8 Å². The number of carbonyl (C=O) groups is 1. The number of para-hydroxylation sites is 1. The summed E-state index contributed by atoms with van der Waals surface area (Å²) < 4.78 is 15.1. The maximum absolute atomic E-state index is 14.2. The van der Waals surface area contributed by atoms with Crippen LogP contribution in [-0.2, 0) is 13.0 Å². The molecule has 6 rings (SSSR count). The van der Waals surface area contributed by atoms with Crippen LogP contribution in [0.15, 0.2) is 97.2 Å². The Morgan fingerprint density at radius 1 is 0.950 bits per heavy atom. The van der Waals surface area contributed by atoms with Crippen molar-refractivity contribution in [3.63, 3.8) is 0 Å². The number of fused-ring (bicyclic) bond motifs is 3. The van der Waals surface area contributed by atoms with E-state index in [1.807, 2.05) is 52.0 Å². The van der Waals surface area contributed by atoms with E-state index in [1.54, 1.807) is 32.4 Å². The fourth-order valence-corrected chi connectivity index (χ4v) is 5.42.